The van der Waals surface area contributed by atoms with Crippen LogP contribution in [0.15, 0.2) is 42.5 Å². The van der Waals surface area contributed by atoms with Gasteiger partial charge < -0.3 is 10.2 Å². The summed E-state index contributed by atoms with van der Waals surface area (Å²) in [4.78, 5) is 27.6. The largest absolute Gasteiger partial charge is 0.350 e. The third-order valence-electron chi connectivity index (χ3n) is 4.68. The lowest BCUT2D eigenvalue weighted by Crippen LogP contribution is -2.52. The van der Waals surface area contributed by atoms with Crippen molar-refractivity contribution < 1.29 is 9.59 Å². The maximum Gasteiger partial charge on any atom is 0.242 e. The zero-order valence-electron chi connectivity index (χ0n) is 19.3. The number of nitrogens with one attached hydrogen (secondary N) is 1. The van der Waals surface area contributed by atoms with Gasteiger partial charge in [-0.25, -0.2) is 0 Å². The number of thioether (sulfide) groups is 1. The molecule has 1 atom stereocenters. The Bertz CT molecular complexity index is 904. The minimum Gasteiger partial charge on any atom is -0.350 e. The Hall–Kier alpha value is -1.98. The number of aryl methyl sites for hydroxylation is 2. The molecule has 0 aliphatic heterocycles. The van der Waals surface area contributed by atoms with Crippen LogP contribution in [0.2, 0.25) is 5.02 Å². The van der Waals surface area contributed by atoms with E-state index < -0.39 is 6.04 Å². The second-order valence-electron chi connectivity index (χ2n) is 9.06. The van der Waals surface area contributed by atoms with E-state index in [1.165, 1.54) is 16.7 Å². The van der Waals surface area contributed by atoms with E-state index in [0.717, 1.165) is 11.3 Å². The fourth-order valence-electron chi connectivity index (χ4n) is 3.38. The summed E-state index contributed by atoms with van der Waals surface area (Å²) in [7, 11) is 0. The number of hydrogen-bond donors (Lipinski definition) is 1. The lowest BCUT2D eigenvalue weighted by atomic mass is 10.1. The van der Waals surface area contributed by atoms with Crippen LogP contribution in [-0.2, 0) is 21.9 Å². The fourth-order valence-corrected chi connectivity index (χ4v) is 4.44. The average molecular weight is 461 g/mol. The van der Waals surface area contributed by atoms with Crippen molar-refractivity contribution in [1.29, 1.82) is 0 Å². The van der Waals surface area contributed by atoms with Gasteiger partial charge in [-0.05, 0) is 64.8 Å². The maximum atomic E-state index is 13.2. The van der Waals surface area contributed by atoms with E-state index in [0.29, 0.717) is 17.3 Å². The topological polar surface area (TPSA) is 49.4 Å². The van der Waals surface area contributed by atoms with Crippen molar-refractivity contribution in [3.63, 3.8) is 0 Å². The van der Waals surface area contributed by atoms with E-state index in [4.69, 9.17) is 11.6 Å². The predicted octanol–water partition coefficient (Wildman–Crippen LogP) is 5.52. The van der Waals surface area contributed by atoms with Gasteiger partial charge in [0.15, 0.2) is 0 Å². The molecule has 0 saturated carbocycles. The van der Waals surface area contributed by atoms with E-state index in [1.54, 1.807) is 29.7 Å². The third-order valence-corrected chi connectivity index (χ3v) is 5.91. The van der Waals surface area contributed by atoms with Gasteiger partial charge in [-0.2, -0.15) is 0 Å². The first kappa shape index (κ1) is 25.3. The van der Waals surface area contributed by atoms with Gasteiger partial charge in [0.05, 0.1) is 5.75 Å². The molecule has 0 aliphatic carbocycles. The van der Waals surface area contributed by atoms with Crippen LogP contribution in [0.4, 0.5) is 0 Å². The van der Waals surface area contributed by atoms with Crippen molar-refractivity contribution in [1.82, 2.24) is 10.2 Å². The Morgan fingerprint density at radius 2 is 1.71 bits per heavy atom. The van der Waals surface area contributed by atoms with Crippen molar-refractivity contribution in [2.75, 3.05) is 5.75 Å². The monoisotopic (exact) mass is 460 g/mol. The smallest absolute Gasteiger partial charge is 0.242 e. The van der Waals surface area contributed by atoms with E-state index in [-0.39, 0.29) is 17.4 Å². The molecule has 0 spiro atoms. The first-order valence-corrected chi connectivity index (χ1v) is 12.0. The Labute approximate surface area is 195 Å². The maximum absolute atomic E-state index is 13.2. The quantitative estimate of drug-likeness (QED) is 0.564. The van der Waals surface area contributed by atoms with Crippen LogP contribution >= 0.6 is 23.4 Å². The van der Waals surface area contributed by atoms with E-state index >= 15 is 0 Å². The molecule has 2 amide bonds. The second-order valence-corrected chi connectivity index (χ2v) is 10.5. The van der Waals surface area contributed by atoms with Crippen molar-refractivity contribution in [2.24, 2.45) is 0 Å². The van der Waals surface area contributed by atoms with Crippen molar-refractivity contribution in [2.45, 2.75) is 65.4 Å². The van der Waals surface area contributed by atoms with Crippen LogP contribution in [-0.4, -0.2) is 34.0 Å². The number of amides is 2. The van der Waals surface area contributed by atoms with Gasteiger partial charge in [-0.15, -0.1) is 11.8 Å². The molecule has 0 fully saturated rings. The molecule has 2 aromatic rings. The molecule has 31 heavy (non-hydrogen) atoms. The molecule has 2 aromatic carbocycles. The third kappa shape index (κ3) is 8.58. The van der Waals surface area contributed by atoms with Crippen molar-refractivity contribution in [3.8, 4) is 0 Å². The number of rotatable bonds is 8. The lowest BCUT2D eigenvalue weighted by Gasteiger charge is -2.31. The van der Waals surface area contributed by atoms with Crippen LogP contribution in [0.5, 0.6) is 0 Å². The summed E-state index contributed by atoms with van der Waals surface area (Å²) in [5.41, 5.74) is 4.17. The molecule has 0 aromatic heterocycles. The van der Waals surface area contributed by atoms with Crippen LogP contribution < -0.4 is 5.32 Å². The Morgan fingerprint density at radius 1 is 1.06 bits per heavy atom. The SMILES string of the molecule is Cc1cc(C)cc(CSCC(=O)N(Cc2cccc(Cl)c2)[C@H](C)C(=O)NC(C)(C)C)c1. The van der Waals surface area contributed by atoms with Crippen molar-refractivity contribution in [3.05, 3.63) is 69.7 Å². The molecule has 0 heterocycles. The summed E-state index contributed by atoms with van der Waals surface area (Å²) in [6.07, 6.45) is 0. The van der Waals surface area contributed by atoms with Gasteiger partial charge >= 0.3 is 0 Å². The molecule has 0 saturated heterocycles. The highest BCUT2D eigenvalue weighted by Crippen LogP contribution is 2.19. The van der Waals surface area contributed by atoms with E-state index in [1.807, 2.05) is 39.0 Å². The molecule has 0 bridgehead atoms. The van der Waals surface area contributed by atoms with Gasteiger partial charge in [0, 0.05) is 22.9 Å². The highest BCUT2D eigenvalue weighted by Gasteiger charge is 2.28. The number of carbonyl (C=O) groups is 2. The first-order valence-electron chi connectivity index (χ1n) is 10.5. The Balaban J connectivity index is 2.11. The fraction of sp³-hybridized carbons (Fsp3) is 0.440. The minimum absolute atomic E-state index is 0.0640. The molecule has 0 unspecified atom stereocenters. The highest BCUT2D eigenvalue weighted by molar-refractivity contribution is 7.99. The zero-order valence-corrected chi connectivity index (χ0v) is 20.9. The number of hydrogen-bond acceptors (Lipinski definition) is 3. The molecule has 0 aliphatic rings. The van der Waals surface area contributed by atoms with Crippen LogP contribution in [0.3, 0.4) is 0 Å². The van der Waals surface area contributed by atoms with Gasteiger partial charge in [-0.3, -0.25) is 9.59 Å². The summed E-state index contributed by atoms with van der Waals surface area (Å²) >= 11 is 7.69. The Morgan fingerprint density at radius 3 is 2.29 bits per heavy atom. The summed E-state index contributed by atoms with van der Waals surface area (Å²) in [5, 5.41) is 3.59. The summed E-state index contributed by atoms with van der Waals surface area (Å²) in [5.74, 6) is 0.829. The van der Waals surface area contributed by atoms with E-state index in [9.17, 15) is 9.59 Å². The molecule has 0 radical (unpaired) electrons. The number of benzene rings is 2. The summed E-state index contributed by atoms with van der Waals surface area (Å²) in [6, 6.07) is 13.2. The van der Waals surface area contributed by atoms with E-state index in [2.05, 4.69) is 37.4 Å². The molecule has 1 N–H and O–H groups in total. The number of halogens is 1. The molecule has 6 heteroatoms. The lowest BCUT2D eigenvalue weighted by molar-refractivity contribution is -0.139. The van der Waals surface area contributed by atoms with Gasteiger partial charge in [0.25, 0.3) is 0 Å². The zero-order chi connectivity index (χ0) is 23.2. The molecular weight excluding hydrogens is 428 g/mol. The Kier molecular flexibility index (Phi) is 9.01. The summed E-state index contributed by atoms with van der Waals surface area (Å²) in [6.45, 7) is 12.1. The molecule has 168 valence electrons. The number of carbonyl (C=O) groups excluding carboxylic acids is 2. The van der Waals surface area contributed by atoms with Gasteiger partial charge in [0.2, 0.25) is 11.8 Å². The molecule has 4 nitrogen and oxygen atoms in total. The number of nitrogens with zero attached hydrogens (tertiary/aromatic N) is 1. The van der Waals surface area contributed by atoms with Gasteiger partial charge in [-0.1, -0.05) is 53.1 Å². The van der Waals surface area contributed by atoms with Crippen molar-refractivity contribution >= 4 is 35.2 Å². The van der Waals surface area contributed by atoms with Gasteiger partial charge in [0.1, 0.15) is 6.04 Å². The van der Waals surface area contributed by atoms with Crippen LogP contribution in [0.1, 0.15) is 49.9 Å². The predicted molar refractivity (Wildman–Crippen MR) is 131 cm³/mol. The average Bonchev–Trinajstić information content (AvgIpc) is 2.63. The molecular formula is C25H33ClN2O2S. The highest BCUT2D eigenvalue weighted by atomic mass is 35.5. The van der Waals surface area contributed by atoms with Crippen LogP contribution in [0, 0.1) is 13.8 Å². The standard InChI is InChI=1S/C25H33ClN2O2S/c1-17-10-18(2)12-21(11-17)15-31-16-23(29)28(14-20-8-7-9-22(26)13-20)19(3)24(30)27-25(4,5)6/h7-13,19H,14-16H2,1-6H3,(H,27,30)/t19-/m1/s1. The van der Waals surface area contributed by atoms with Crippen LogP contribution in [0.25, 0.3) is 0 Å². The summed E-state index contributed by atoms with van der Waals surface area (Å²) < 4.78 is 0. The second kappa shape index (κ2) is 11.1. The normalized spacial score (nSPS) is 12.4. The molecule has 2 rings (SSSR count). The minimum atomic E-state index is -0.590. The first-order chi connectivity index (χ1) is 14.4.